The Morgan fingerprint density at radius 3 is 2.02 bits per heavy atom. The Kier molecular flexibility index (Phi) is 5.01. The third-order valence-corrected chi connectivity index (χ3v) is 13.4. The molecular formula is C46H31N3S. The first-order chi connectivity index (χ1) is 24.6. The van der Waals surface area contributed by atoms with Gasteiger partial charge in [0.15, 0.2) is 0 Å². The average molecular weight is 658 g/mol. The van der Waals surface area contributed by atoms with Crippen LogP contribution in [0.15, 0.2) is 164 Å². The highest BCUT2D eigenvalue weighted by molar-refractivity contribution is 7.25. The van der Waals surface area contributed by atoms with Crippen LogP contribution in [0.25, 0.3) is 69.2 Å². The van der Waals surface area contributed by atoms with Crippen LogP contribution >= 0.6 is 11.3 Å². The summed E-state index contributed by atoms with van der Waals surface area (Å²) in [6.45, 7) is 0. The van der Waals surface area contributed by atoms with E-state index in [0.29, 0.717) is 0 Å². The zero-order chi connectivity index (χ0) is 32.8. The molecule has 3 N–H and O–H groups in total. The van der Waals surface area contributed by atoms with E-state index in [4.69, 9.17) is 5.73 Å². The number of aromatic nitrogens is 1. The second kappa shape index (κ2) is 9.17. The summed E-state index contributed by atoms with van der Waals surface area (Å²) in [4.78, 5) is 0. The summed E-state index contributed by atoms with van der Waals surface area (Å²) >= 11 is 1.87. The van der Waals surface area contributed by atoms with Crippen molar-refractivity contribution in [2.75, 3.05) is 0 Å². The fourth-order valence-electron chi connectivity index (χ4n) is 10.2. The molecule has 4 atom stereocenters. The molecular weight excluding hydrogens is 627 g/mol. The van der Waals surface area contributed by atoms with Gasteiger partial charge in [-0.05, 0) is 75.1 Å². The Hall–Kier alpha value is -5.52. The Labute approximate surface area is 292 Å². The summed E-state index contributed by atoms with van der Waals surface area (Å²) in [7, 11) is 0. The molecule has 7 aromatic carbocycles. The maximum Gasteiger partial charge on any atom is 0.105 e. The first-order valence-electron chi connectivity index (χ1n) is 17.4. The van der Waals surface area contributed by atoms with Crippen molar-refractivity contribution in [3.63, 3.8) is 0 Å². The summed E-state index contributed by atoms with van der Waals surface area (Å²) in [6, 6.07) is 51.4. The Bertz CT molecular complexity index is 2920. The minimum absolute atomic E-state index is 0.247. The molecule has 0 amide bonds. The lowest BCUT2D eigenvalue weighted by molar-refractivity contribution is 0.0681. The third-order valence-electron chi connectivity index (χ3n) is 12.3. The van der Waals surface area contributed by atoms with Gasteiger partial charge in [0.25, 0.3) is 0 Å². The van der Waals surface area contributed by atoms with Crippen molar-refractivity contribution in [1.29, 1.82) is 0 Å². The molecule has 12 rings (SSSR count). The Morgan fingerprint density at radius 2 is 1.26 bits per heavy atom. The fraction of sp³-hybridized carbons (Fsp3) is 0.0870. The summed E-state index contributed by atoms with van der Waals surface area (Å²) in [5.74, 6) is 0.266. The molecule has 9 aromatic rings. The average Bonchev–Trinajstić information content (AvgIpc) is 3.39. The SMILES string of the molecule is N[C@]1(c2cccc(-n3c4ccc5ccccc5c4c4c5ccccc5ccc43)c2)NC2(c3ccc4sc5ccccc5c4c3)C3C=CC=CC321. The highest BCUT2D eigenvalue weighted by Gasteiger charge is 2.91. The number of nitrogens with one attached hydrogen (secondary N) is 1. The highest BCUT2D eigenvalue weighted by atomic mass is 32.1. The molecule has 3 heterocycles. The van der Waals surface area contributed by atoms with Crippen LogP contribution < -0.4 is 11.1 Å². The van der Waals surface area contributed by atoms with Crippen LogP contribution in [0.5, 0.6) is 0 Å². The lowest BCUT2D eigenvalue weighted by atomic mass is 9.69. The molecule has 0 radical (unpaired) electrons. The van der Waals surface area contributed by atoms with Gasteiger partial charge in [-0.3, -0.25) is 5.32 Å². The summed E-state index contributed by atoms with van der Waals surface area (Å²) in [5, 5.41) is 14.3. The smallest absolute Gasteiger partial charge is 0.105 e. The van der Waals surface area contributed by atoms with Gasteiger partial charge in [-0.1, -0.05) is 121 Å². The normalized spacial score (nSPS) is 25.1. The molecule has 50 heavy (non-hydrogen) atoms. The zero-order valence-electron chi connectivity index (χ0n) is 27.1. The van der Waals surface area contributed by atoms with Crippen LogP contribution in [-0.4, -0.2) is 4.57 Å². The van der Waals surface area contributed by atoms with Crippen molar-refractivity contribution in [2.24, 2.45) is 17.1 Å². The lowest BCUT2D eigenvalue weighted by Gasteiger charge is -2.53. The van der Waals surface area contributed by atoms with Gasteiger partial charge >= 0.3 is 0 Å². The van der Waals surface area contributed by atoms with Crippen LogP contribution in [0.2, 0.25) is 0 Å². The van der Waals surface area contributed by atoms with Crippen molar-refractivity contribution in [1.82, 2.24) is 9.88 Å². The van der Waals surface area contributed by atoms with Gasteiger partial charge in [0.05, 0.1) is 22.0 Å². The minimum Gasteiger partial charge on any atom is -0.309 e. The fourth-order valence-corrected chi connectivity index (χ4v) is 11.2. The van der Waals surface area contributed by atoms with E-state index >= 15 is 0 Å². The molecule has 3 unspecified atom stereocenters. The van der Waals surface area contributed by atoms with Crippen molar-refractivity contribution in [3.05, 3.63) is 175 Å². The highest BCUT2D eigenvalue weighted by Crippen LogP contribution is 2.83. The lowest BCUT2D eigenvalue weighted by Crippen LogP contribution is -2.71. The quantitative estimate of drug-likeness (QED) is 0.199. The van der Waals surface area contributed by atoms with E-state index in [2.05, 4.69) is 174 Å². The number of fused-ring (bicyclic) bond motifs is 11. The number of hydrogen-bond acceptors (Lipinski definition) is 3. The maximum atomic E-state index is 7.65. The number of rotatable bonds is 3. The van der Waals surface area contributed by atoms with Crippen LogP contribution in [0.3, 0.4) is 0 Å². The zero-order valence-corrected chi connectivity index (χ0v) is 27.9. The topological polar surface area (TPSA) is 43.0 Å². The molecule has 1 saturated carbocycles. The molecule has 0 bridgehead atoms. The van der Waals surface area contributed by atoms with E-state index in [0.717, 1.165) is 11.3 Å². The van der Waals surface area contributed by atoms with Gasteiger partial charge in [-0.2, -0.15) is 0 Å². The van der Waals surface area contributed by atoms with E-state index in [1.54, 1.807) is 0 Å². The van der Waals surface area contributed by atoms with Crippen molar-refractivity contribution in [3.8, 4) is 5.69 Å². The number of allylic oxidation sites excluding steroid dienone is 2. The number of nitrogens with two attached hydrogens (primary N) is 1. The van der Waals surface area contributed by atoms with Crippen molar-refractivity contribution in [2.45, 2.75) is 11.2 Å². The molecule has 1 aliphatic heterocycles. The van der Waals surface area contributed by atoms with E-state index in [1.165, 1.54) is 69.1 Å². The molecule has 2 fully saturated rings. The first kappa shape index (κ1) is 27.3. The Morgan fingerprint density at radius 1 is 0.580 bits per heavy atom. The maximum absolute atomic E-state index is 7.65. The number of thiophene rings is 1. The van der Waals surface area contributed by atoms with Gasteiger partial charge in [-0.25, -0.2) is 0 Å². The summed E-state index contributed by atoms with van der Waals surface area (Å²) in [5.41, 5.74) is 12.3. The minimum atomic E-state index is -0.737. The third kappa shape index (κ3) is 3.06. The van der Waals surface area contributed by atoms with Gasteiger partial charge in [-0.15, -0.1) is 11.3 Å². The molecule has 2 aliphatic carbocycles. The number of nitrogens with zero attached hydrogens (tertiary/aromatic N) is 1. The van der Waals surface area contributed by atoms with E-state index in [9.17, 15) is 0 Å². The van der Waals surface area contributed by atoms with E-state index < -0.39 is 5.66 Å². The summed E-state index contributed by atoms with van der Waals surface area (Å²) in [6.07, 6.45) is 9.14. The van der Waals surface area contributed by atoms with Crippen LogP contribution in [0.1, 0.15) is 11.1 Å². The second-order valence-electron chi connectivity index (χ2n) is 14.4. The molecule has 236 valence electrons. The first-order valence-corrected chi connectivity index (χ1v) is 18.2. The molecule has 4 heteroatoms. The molecule has 3 aliphatic rings. The molecule has 2 aromatic heterocycles. The summed E-state index contributed by atoms with van der Waals surface area (Å²) < 4.78 is 5.10. The van der Waals surface area contributed by atoms with Gasteiger partial charge in [0.2, 0.25) is 0 Å². The monoisotopic (exact) mass is 657 g/mol. The molecule has 1 saturated heterocycles. The van der Waals surface area contributed by atoms with Crippen molar-refractivity contribution < 1.29 is 0 Å². The Balaban J connectivity index is 1.05. The van der Waals surface area contributed by atoms with Crippen LogP contribution in [0.4, 0.5) is 0 Å². The molecule has 3 nitrogen and oxygen atoms in total. The van der Waals surface area contributed by atoms with Crippen LogP contribution in [0, 0.1) is 11.3 Å². The van der Waals surface area contributed by atoms with Crippen LogP contribution in [-0.2, 0) is 11.2 Å². The predicted octanol–water partition coefficient (Wildman–Crippen LogP) is 10.8. The van der Waals surface area contributed by atoms with Gasteiger partial charge < -0.3 is 10.3 Å². The largest absolute Gasteiger partial charge is 0.309 e. The second-order valence-corrected chi connectivity index (χ2v) is 15.5. The van der Waals surface area contributed by atoms with Gasteiger partial charge in [0.1, 0.15) is 5.66 Å². The number of benzene rings is 7. The number of hydrogen-bond donors (Lipinski definition) is 2. The van der Waals surface area contributed by atoms with E-state index in [-0.39, 0.29) is 16.9 Å². The predicted molar refractivity (Wildman–Crippen MR) is 210 cm³/mol. The van der Waals surface area contributed by atoms with Crippen molar-refractivity contribution >= 4 is 74.9 Å². The van der Waals surface area contributed by atoms with E-state index in [1.807, 2.05) is 11.3 Å². The molecule has 1 spiro atoms. The van der Waals surface area contributed by atoms with Gasteiger partial charge in [0, 0.05) is 42.6 Å². The standard InChI is InChI=1S/C46H31N3S/c47-46(44-25-8-7-18-41(44)45(44,48-46)30-21-24-40-36(27-30)35-16-5-6-17-39(35)50-40)31-12-9-13-32(26-31)49-37-22-19-28-10-1-3-14-33(28)42(37)43-34-15-4-2-11-29(34)20-23-38(43)49/h1-27,41,48H,47H2/t41?,44?,45?,46-/m1/s1.